The predicted molar refractivity (Wildman–Crippen MR) is 47.4 cm³/mol. The molecule has 0 atom stereocenters. The fourth-order valence-corrected chi connectivity index (χ4v) is 1.03. The average Bonchev–Trinajstić information content (AvgIpc) is 2.42. The van der Waals surface area contributed by atoms with E-state index in [-0.39, 0.29) is 5.95 Å². The quantitative estimate of drug-likeness (QED) is 0.450. The Morgan fingerprint density at radius 2 is 2.29 bits per heavy atom. The van der Waals surface area contributed by atoms with Crippen molar-refractivity contribution in [3.63, 3.8) is 0 Å². The second-order valence-corrected chi connectivity index (χ2v) is 3.41. The van der Waals surface area contributed by atoms with Gasteiger partial charge in [-0.05, 0) is 14.1 Å². The summed E-state index contributed by atoms with van der Waals surface area (Å²) in [6, 6.07) is 0. The van der Waals surface area contributed by atoms with Gasteiger partial charge in [0.1, 0.15) is 0 Å². The highest BCUT2D eigenvalue weighted by molar-refractivity contribution is 5.02. The van der Waals surface area contributed by atoms with E-state index in [0.717, 1.165) is 13.1 Å². The van der Waals surface area contributed by atoms with Crippen LogP contribution in [0.15, 0.2) is 4.52 Å². The molecule has 1 N–H and O–H groups in total. The minimum absolute atomic E-state index is 0.371. The zero-order valence-electron chi connectivity index (χ0n) is 8.78. The fourth-order valence-electron chi connectivity index (χ4n) is 1.03. The minimum Gasteiger partial charge on any atom is -0.539 e. The summed E-state index contributed by atoms with van der Waals surface area (Å²) in [4.78, 5) is 2.07. The van der Waals surface area contributed by atoms with Crippen LogP contribution >= 0.6 is 0 Å². The van der Waals surface area contributed by atoms with Crippen molar-refractivity contribution < 1.29 is 14.3 Å². The zero-order valence-corrected chi connectivity index (χ0v) is 8.78. The van der Waals surface area contributed by atoms with Gasteiger partial charge >= 0.3 is 0 Å². The maximum Gasteiger partial charge on any atom is 0.246 e. The molecule has 0 aliphatic heterocycles. The molecule has 0 aromatic carbocycles. The van der Waals surface area contributed by atoms with Crippen molar-refractivity contribution in [1.82, 2.24) is 15.5 Å². The first kappa shape index (κ1) is 10.9. The third-order valence-electron chi connectivity index (χ3n) is 1.90. The normalized spacial score (nSPS) is 11.1. The van der Waals surface area contributed by atoms with Crippen molar-refractivity contribution in [2.45, 2.75) is 6.54 Å². The Balaban J connectivity index is 2.31. The second-order valence-electron chi connectivity index (χ2n) is 3.41. The monoisotopic (exact) mass is 200 g/mol. The highest BCUT2D eigenvalue weighted by Gasteiger charge is 2.11. The van der Waals surface area contributed by atoms with Gasteiger partial charge in [-0.1, -0.05) is 4.68 Å². The predicted octanol–water partition coefficient (Wildman–Crippen LogP) is -1.78. The van der Waals surface area contributed by atoms with Crippen molar-refractivity contribution in [3.05, 3.63) is 5.69 Å². The summed E-state index contributed by atoms with van der Waals surface area (Å²) in [6.07, 6.45) is 0. The lowest BCUT2D eigenvalue weighted by Crippen LogP contribution is -2.38. The number of likely N-dealkylation sites (N-methyl/N-ethyl adjacent to an activating group) is 1. The van der Waals surface area contributed by atoms with Crippen LogP contribution in [0.25, 0.3) is 0 Å². The van der Waals surface area contributed by atoms with Crippen LogP contribution in [0.1, 0.15) is 5.69 Å². The number of aromatic nitrogens is 2. The molecule has 1 aromatic heterocycles. The summed E-state index contributed by atoms with van der Waals surface area (Å²) in [7, 11) is 5.69. The molecule has 1 rings (SSSR count). The molecule has 1 aromatic rings. The van der Waals surface area contributed by atoms with E-state index in [1.807, 2.05) is 14.1 Å². The average molecular weight is 200 g/mol. The molecule has 6 nitrogen and oxygen atoms in total. The lowest BCUT2D eigenvalue weighted by Gasteiger charge is -2.08. The largest absolute Gasteiger partial charge is 0.539 e. The van der Waals surface area contributed by atoms with Gasteiger partial charge in [-0.2, -0.15) is 0 Å². The molecule has 0 radical (unpaired) electrons. The van der Waals surface area contributed by atoms with Crippen molar-refractivity contribution in [2.75, 3.05) is 27.2 Å². The Morgan fingerprint density at radius 3 is 2.79 bits per heavy atom. The van der Waals surface area contributed by atoms with Gasteiger partial charge in [0.05, 0.1) is 11.8 Å². The lowest BCUT2D eigenvalue weighted by molar-refractivity contribution is -0.746. The van der Waals surface area contributed by atoms with Gasteiger partial charge in [-0.3, -0.25) is 0 Å². The van der Waals surface area contributed by atoms with Crippen LogP contribution in [-0.4, -0.2) is 37.4 Å². The summed E-state index contributed by atoms with van der Waals surface area (Å²) in [5, 5.41) is 17.7. The second kappa shape index (κ2) is 4.92. The van der Waals surface area contributed by atoms with Gasteiger partial charge in [0, 0.05) is 13.1 Å². The molecular weight excluding hydrogens is 184 g/mol. The molecule has 0 saturated carbocycles. The first-order chi connectivity index (χ1) is 6.61. The number of aryl methyl sites for hydroxylation is 1. The van der Waals surface area contributed by atoms with Crippen LogP contribution < -0.4 is 15.1 Å². The molecular formula is C8H16N4O2. The van der Waals surface area contributed by atoms with Crippen LogP contribution in [0.4, 0.5) is 0 Å². The highest BCUT2D eigenvalue weighted by atomic mass is 16.6. The Bertz CT molecular complexity index is 265. The number of hydrogen-bond acceptors (Lipinski definition) is 5. The SMILES string of the molecule is CN(C)CCNCc1c([O-])on[n+]1C. The van der Waals surface area contributed by atoms with E-state index in [9.17, 15) is 5.11 Å². The third-order valence-corrected chi connectivity index (χ3v) is 1.90. The van der Waals surface area contributed by atoms with Crippen molar-refractivity contribution in [1.29, 1.82) is 0 Å². The molecule has 6 heteroatoms. The van der Waals surface area contributed by atoms with E-state index >= 15 is 0 Å². The van der Waals surface area contributed by atoms with Gasteiger partial charge < -0.3 is 19.8 Å². The zero-order chi connectivity index (χ0) is 10.6. The lowest BCUT2D eigenvalue weighted by atomic mass is 10.4. The number of nitrogens with zero attached hydrogens (tertiary/aromatic N) is 3. The Hall–Kier alpha value is -1.14. The summed E-state index contributed by atoms with van der Waals surface area (Å²) in [5.41, 5.74) is 0.545. The van der Waals surface area contributed by atoms with E-state index in [0.29, 0.717) is 12.2 Å². The van der Waals surface area contributed by atoms with Gasteiger partial charge in [-0.25, -0.2) is 0 Å². The van der Waals surface area contributed by atoms with Crippen molar-refractivity contribution in [3.8, 4) is 5.95 Å². The molecule has 0 unspecified atom stereocenters. The topological polar surface area (TPSA) is 68.2 Å². The maximum atomic E-state index is 11.1. The molecule has 0 amide bonds. The van der Waals surface area contributed by atoms with E-state index in [4.69, 9.17) is 0 Å². The number of rotatable bonds is 5. The van der Waals surface area contributed by atoms with Crippen LogP contribution in [0.2, 0.25) is 0 Å². The standard InChI is InChI=1S/C8H16N4O2/c1-11(2)5-4-9-6-7-8(13)14-10-12(7)3/h9H,4-6H2,1-3H3. The molecule has 1 heterocycles. The highest BCUT2D eigenvalue weighted by Crippen LogP contribution is 2.04. The van der Waals surface area contributed by atoms with Crippen LogP contribution in [0.5, 0.6) is 5.95 Å². The molecule has 14 heavy (non-hydrogen) atoms. The molecule has 0 saturated heterocycles. The van der Waals surface area contributed by atoms with Crippen LogP contribution in [-0.2, 0) is 13.6 Å². The fraction of sp³-hybridized carbons (Fsp3) is 0.750. The van der Waals surface area contributed by atoms with Gasteiger partial charge in [0.25, 0.3) is 0 Å². The van der Waals surface area contributed by atoms with E-state index in [1.165, 1.54) is 4.68 Å². The summed E-state index contributed by atoms with van der Waals surface area (Å²) in [6.45, 7) is 2.26. The van der Waals surface area contributed by atoms with E-state index < -0.39 is 0 Å². The molecule has 0 bridgehead atoms. The number of nitrogens with one attached hydrogen (secondary N) is 1. The summed E-state index contributed by atoms with van der Waals surface area (Å²) >= 11 is 0. The van der Waals surface area contributed by atoms with Gasteiger partial charge in [0.15, 0.2) is 13.0 Å². The summed E-state index contributed by atoms with van der Waals surface area (Å²) in [5.74, 6) is -0.371. The van der Waals surface area contributed by atoms with E-state index in [1.54, 1.807) is 7.05 Å². The number of hydrogen-bond donors (Lipinski definition) is 1. The Morgan fingerprint density at radius 1 is 1.57 bits per heavy atom. The van der Waals surface area contributed by atoms with Crippen LogP contribution in [0, 0.1) is 0 Å². The van der Waals surface area contributed by atoms with Crippen molar-refractivity contribution >= 4 is 0 Å². The van der Waals surface area contributed by atoms with Gasteiger partial charge in [0.2, 0.25) is 5.69 Å². The summed E-state index contributed by atoms with van der Waals surface area (Å²) < 4.78 is 5.93. The van der Waals surface area contributed by atoms with E-state index in [2.05, 4.69) is 20.0 Å². The molecule has 0 fully saturated rings. The first-order valence-electron chi connectivity index (χ1n) is 4.48. The Labute approximate surface area is 83.1 Å². The minimum atomic E-state index is -0.371. The molecule has 80 valence electrons. The Kier molecular flexibility index (Phi) is 3.84. The van der Waals surface area contributed by atoms with Crippen LogP contribution in [0.3, 0.4) is 0 Å². The van der Waals surface area contributed by atoms with Gasteiger partial charge in [-0.15, -0.1) is 0 Å². The third kappa shape index (κ3) is 2.97. The first-order valence-corrected chi connectivity index (χ1v) is 4.48. The molecule has 0 aliphatic carbocycles. The van der Waals surface area contributed by atoms with Crippen molar-refractivity contribution in [2.24, 2.45) is 7.05 Å². The molecule has 0 spiro atoms. The molecule has 0 aliphatic rings. The maximum absolute atomic E-state index is 11.1. The smallest absolute Gasteiger partial charge is 0.246 e.